The van der Waals surface area contributed by atoms with Gasteiger partial charge in [-0.25, -0.2) is 0 Å². The number of benzene rings is 3. The van der Waals surface area contributed by atoms with Gasteiger partial charge in [0.25, 0.3) is 5.91 Å². The molecule has 1 saturated heterocycles. The normalized spacial score (nSPS) is 16.7. The SMILES string of the molecule is COc1cccc(-c2ccc(C(CN3CCOCC3)NC(=O)C(C)N3C(=O)COc4cc(Cl)c(Cl)cc43)cc2)c1OC. The van der Waals surface area contributed by atoms with E-state index in [2.05, 4.69) is 10.2 Å². The molecule has 222 valence electrons. The molecule has 2 amide bonds. The van der Waals surface area contributed by atoms with Crippen molar-refractivity contribution in [3.63, 3.8) is 0 Å². The number of rotatable bonds is 9. The van der Waals surface area contributed by atoms with Crippen molar-refractivity contribution >= 4 is 40.7 Å². The van der Waals surface area contributed by atoms with Crippen LogP contribution in [0.3, 0.4) is 0 Å². The highest BCUT2D eigenvalue weighted by molar-refractivity contribution is 6.42. The molecule has 0 spiro atoms. The molecular formula is C31H33Cl2N3O6. The number of anilines is 1. The quantitative estimate of drug-likeness (QED) is 0.364. The van der Waals surface area contributed by atoms with Crippen LogP contribution in [0.4, 0.5) is 5.69 Å². The van der Waals surface area contributed by atoms with E-state index in [1.807, 2.05) is 42.5 Å². The zero-order valence-corrected chi connectivity index (χ0v) is 25.2. The molecule has 0 aliphatic carbocycles. The van der Waals surface area contributed by atoms with Crippen molar-refractivity contribution in [2.75, 3.05) is 58.6 Å². The Bertz CT molecular complexity index is 1450. The third kappa shape index (κ3) is 6.29. The van der Waals surface area contributed by atoms with Crippen LogP contribution >= 0.6 is 23.2 Å². The van der Waals surface area contributed by atoms with Gasteiger partial charge in [-0.15, -0.1) is 0 Å². The minimum atomic E-state index is -0.829. The van der Waals surface area contributed by atoms with Crippen LogP contribution in [0.2, 0.25) is 10.0 Å². The third-order valence-electron chi connectivity index (χ3n) is 7.54. The van der Waals surface area contributed by atoms with Crippen molar-refractivity contribution in [2.24, 2.45) is 0 Å². The number of nitrogens with one attached hydrogen (secondary N) is 1. The largest absolute Gasteiger partial charge is 0.493 e. The Kier molecular flexibility index (Phi) is 9.43. The molecule has 2 aliphatic heterocycles. The predicted octanol–water partition coefficient (Wildman–Crippen LogP) is 4.98. The minimum absolute atomic E-state index is 0.199. The van der Waals surface area contributed by atoms with E-state index in [-0.39, 0.29) is 29.5 Å². The Labute approximate surface area is 255 Å². The Hall–Kier alpha value is -3.50. The first-order valence-corrected chi connectivity index (χ1v) is 14.4. The van der Waals surface area contributed by atoms with Gasteiger partial charge in [-0.1, -0.05) is 59.6 Å². The van der Waals surface area contributed by atoms with Crippen LogP contribution in [0.5, 0.6) is 17.2 Å². The first-order valence-electron chi connectivity index (χ1n) is 13.7. The summed E-state index contributed by atoms with van der Waals surface area (Å²) in [6.45, 7) is 4.86. The minimum Gasteiger partial charge on any atom is -0.493 e. The summed E-state index contributed by atoms with van der Waals surface area (Å²) in [6, 6.07) is 15.7. The Balaban J connectivity index is 1.41. The van der Waals surface area contributed by atoms with Crippen LogP contribution in [0.15, 0.2) is 54.6 Å². The van der Waals surface area contributed by atoms with Gasteiger partial charge in [0.1, 0.15) is 11.8 Å². The first-order chi connectivity index (χ1) is 20.3. The van der Waals surface area contributed by atoms with E-state index in [4.69, 9.17) is 42.1 Å². The smallest absolute Gasteiger partial charge is 0.265 e. The lowest BCUT2D eigenvalue weighted by Crippen LogP contribution is -2.53. The maximum Gasteiger partial charge on any atom is 0.265 e. The lowest BCUT2D eigenvalue weighted by atomic mass is 9.99. The number of fused-ring (bicyclic) bond motifs is 1. The van der Waals surface area contributed by atoms with E-state index < -0.39 is 6.04 Å². The molecule has 5 rings (SSSR count). The molecule has 0 saturated carbocycles. The van der Waals surface area contributed by atoms with Crippen molar-refractivity contribution in [1.29, 1.82) is 0 Å². The number of ether oxygens (including phenoxy) is 4. The molecule has 2 unspecified atom stereocenters. The van der Waals surface area contributed by atoms with Gasteiger partial charge in [0.15, 0.2) is 18.1 Å². The molecule has 9 nitrogen and oxygen atoms in total. The summed E-state index contributed by atoms with van der Waals surface area (Å²) in [5.41, 5.74) is 3.18. The Morgan fingerprint density at radius 2 is 1.74 bits per heavy atom. The number of halogens is 2. The maximum atomic E-state index is 13.7. The van der Waals surface area contributed by atoms with E-state index in [0.717, 1.165) is 29.8 Å². The van der Waals surface area contributed by atoms with Gasteiger partial charge >= 0.3 is 0 Å². The number of carbonyl (C=O) groups is 2. The zero-order chi connectivity index (χ0) is 29.8. The number of amides is 2. The van der Waals surface area contributed by atoms with Crippen LogP contribution in [0.1, 0.15) is 18.5 Å². The fourth-order valence-electron chi connectivity index (χ4n) is 5.29. The van der Waals surface area contributed by atoms with Crippen molar-refractivity contribution in [3.05, 3.63) is 70.2 Å². The van der Waals surface area contributed by atoms with Gasteiger partial charge in [0, 0.05) is 31.3 Å². The van der Waals surface area contributed by atoms with Crippen LogP contribution in [0.25, 0.3) is 11.1 Å². The number of carbonyl (C=O) groups excluding carboxylic acids is 2. The molecule has 42 heavy (non-hydrogen) atoms. The number of para-hydroxylation sites is 1. The number of morpholine rings is 1. The van der Waals surface area contributed by atoms with Gasteiger partial charge in [0.2, 0.25) is 5.91 Å². The summed E-state index contributed by atoms with van der Waals surface area (Å²) in [5, 5.41) is 3.77. The van der Waals surface area contributed by atoms with Crippen molar-refractivity contribution < 1.29 is 28.5 Å². The average Bonchev–Trinajstić information content (AvgIpc) is 3.01. The fourth-order valence-corrected chi connectivity index (χ4v) is 5.60. The van der Waals surface area contributed by atoms with Crippen LogP contribution < -0.4 is 24.4 Å². The Morgan fingerprint density at radius 1 is 1.02 bits per heavy atom. The molecule has 2 atom stereocenters. The fraction of sp³-hybridized carbons (Fsp3) is 0.355. The molecule has 11 heteroatoms. The number of nitrogens with zero attached hydrogens (tertiary/aromatic N) is 2. The second-order valence-corrected chi connectivity index (χ2v) is 10.9. The molecule has 2 aliphatic rings. The first kappa shape index (κ1) is 30.0. The van der Waals surface area contributed by atoms with E-state index in [1.165, 1.54) is 4.90 Å². The van der Waals surface area contributed by atoms with Gasteiger partial charge in [-0.2, -0.15) is 0 Å². The van der Waals surface area contributed by atoms with Gasteiger partial charge in [0.05, 0.1) is 49.2 Å². The molecule has 3 aromatic carbocycles. The molecule has 0 radical (unpaired) electrons. The molecule has 1 fully saturated rings. The molecule has 0 aromatic heterocycles. The average molecular weight is 615 g/mol. The van der Waals surface area contributed by atoms with Crippen LogP contribution in [0, 0.1) is 0 Å². The van der Waals surface area contributed by atoms with Crippen LogP contribution in [-0.2, 0) is 14.3 Å². The summed E-state index contributed by atoms with van der Waals surface area (Å²) in [6.07, 6.45) is 0. The van der Waals surface area contributed by atoms with E-state index in [0.29, 0.717) is 47.7 Å². The molecule has 1 N–H and O–H groups in total. The highest BCUT2D eigenvalue weighted by Gasteiger charge is 2.35. The van der Waals surface area contributed by atoms with E-state index in [1.54, 1.807) is 33.3 Å². The summed E-state index contributed by atoms with van der Waals surface area (Å²) in [7, 11) is 3.22. The monoisotopic (exact) mass is 613 g/mol. The number of methoxy groups -OCH3 is 2. The number of hydrogen-bond acceptors (Lipinski definition) is 7. The van der Waals surface area contributed by atoms with Gasteiger partial charge in [-0.3, -0.25) is 19.4 Å². The zero-order valence-electron chi connectivity index (χ0n) is 23.7. The van der Waals surface area contributed by atoms with E-state index in [9.17, 15) is 9.59 Å². The summed E-state index contributed by atoms with van der Waals surface area (Å²) in [5.74, 6) is 1.05. The highest BCUT2D eigenvalue weighted by atomic mass is 35.5. The second kappa shape index (κ2) is 13.2. The molecule has 0 bridgehead atoms. The molecular weight excluding hydrogens is 581 g/mol. The van der Waals surface area contributed by atoms with Crippen molar-refractivity contribution in [2.45, 2.75) is 19.0 Å². The summed E-state index contributed by atoms with van der Waals surface area (Å²) in [4.78, 5) is 30.4. The van der Waals surface area contributed by atoms with Gasteiger partial charge in [-0.05, 0) is 30.2 Å². The lowest BCUT2D eigenvalue weighted by molar-refractivity contribution is -0.128. The van der Waals surface area contributed by atoms with Crippen molar-refractivity contribution in [1.82, 2.24) is 10.2 Å². The third-order valence-corrected chi connectivity index (χ3v) is 8.26. The number of hydrogen-bond donors (Lipinski definition) is 1. The highest BCUT2D eigenvalue weighted by Crippen LogP contribution is 2.40. The Morgan fingerprint density at radius 3 is 2.43 bits per heavy atom. The topological polar surface area (TPSA) is 89.6 Å². The van der Waals surface area contributed by atoms with Gasteiger partial charge < -0.3 is 24.3 Å². The standard InChI is InChI=1S/C31H33Cl2N3O6/c1-19(36-26-15-23(32)24(33)16-28(26)42-18-29(36)37)31(38)34-25(17-35-11-13-41-14-12-35)21-9-7-20(8-10-21)22-5-4-6-27(39-2)30(22)40-3/h4-10,15-16,19,25H,11-14,17-18H2,1-3H3,(H,34,38). The van der Waals surface area contributed by atoms with Crippen LogP contribution in [-0.4, -0.2) is 76.4 Å². The van der Waals surface area contributed by atoms with Crippen molar-refractivity contribution in [3.8, 4) is 28.4 Å². The summed E-state index contributed by atoms with van der Waals surface area (Å²) < 4.78 is 22.2. The molecule has 3 aromatic rings. The molecule has 2 heterocycles. The summed E-state index contributed by atoms with van der Waals surface area (Å²) >= 11 is 12.4. The predicted molar refractivity (Wildman–Crippen MR) is 162 cm³/mol. The van der Waals surface area contributed by atoms with E-state index >= 15 is 0 Å². The second-order valence-electron chi connectivity index (χ2n) is 10.1. The maximum absolute atomic E-state index is 13.7. The lowest BCUT2D eigenvalue weighted by Gasteiger charge is -2.35.